The van der Waals surface area contributed by atoms with E-state index in [0.717, 1.165) is 0 Å². The summed E-state index contributed by atoms with van der Waals surface area (Å²) in [6.45, 7) is 6.68. The second-order valence-electron chi connectivity index (χ2n) is 4.74. The molecule has 0 bridgehead atoms. The monoisotopic (exact) mass is 300 g/mol. The lowest BCUT2D eigenvalue weighted by atomic mass is 10.2. The molecule has 2 N–H and O–H groups in total. The first kappa shape index (κ1) is 16.7. The fraction of sp³-hybridized carbons (Fsp3) is 0.615. The van der Waals surface area contributed by atoms with Crippen molar-refractivity contribution in [3.8, 4) is 0 Å². The predicted octanol–water partition coefficient (Wildman–Crippen LogP) is 1.82. The van der Waals surface area contributed by atoms with Gasteiger partial charge in [0.15, 0.2) is 0 Å². The summed E-state index contributed by atoms with van der Waals surface area (Å²) in [5.41, 5.74) is 0. The minimum atomic E-state index is -0.419. The Hall–Kier alpha value is -1.40. The molecule has 7 heteroatoms. The second kappa shape index (κ2) is 8.01. The first-order valence-electron chi connectivity index (χ1n) is 6.51. The van der Waals surface area contributed by atoms with E-state index in [4.69, 9.17) is 16.3 Å². The van der Waals surface area contributed by atoms with E-state index in [9.17, 15) is 4.79 Å². The molecule has 6 nitrogen and oxygen atoms in total. The Balaban J connectivity index is 2.65. The van der Waals surface area contributed by atoms with Gasteiger partial charge in [-0.2, -0.15) is 0 Å². The number of anilines is 1. The molecule has 0 aliphatic rings. The third kappa shape index (κ3) is 5.30. The van der Waals surface area contributed by atoms with Crippen LogP contribution in [0.25, 0.3) is 0 Å². The van der Waals surface area contributed by atoms with Gasteiger partial charge >= 0.3 is 0 Å². The highest BCUT2D eigenvalue weighted by Crippen LogP contribution is 2.17. The molecule has 0 fully saturated rings. The number of rotatable bonds is 7. The van der Waals surface area contributed by atoms with E-state index in [0.29, 0.717) is 29.9 Å². The maximum Gasteiger partial charge on any atom is 0.242 e. The highest BCUT2D eigenvalue weighted by Gasteiger charge is 2.14. The highest BCUT2D eigenvalue weighted by atomic mass is 35.5. The van der Waals surface area contributed by atoms with Crippen molar-refractivity contribution < 1.29 is 9.53 Å². The van der Waals surface area contributed by atoms with Crippen LogP contribution in [0.15, 0.2) is 6.07 Å². The molecule has 1 aromatic heterocycles. The van der Waals surface area contributed by atoms with Crippen LogP contribution in [0.3, 0.4) is 0 Å². The topological polar surface area (TPSA) is 76.1 Å². The number of carbonyl (C=O) groups is 1. The number of carbonyl (C=O) groups excluding carboxylic acids is 1. The van der Waals surface area contributed by atoms with E-state index >= 15 is 0 Å². The Morgan fingerprint density at radius 2 is 2.10 bits per heavy atom. The van der Waals surface area contributed by atoms with E-state index in [1.54, 1.807) is 20.1 Å². The van der Waals surface area contributed by atoms with Crippen LogP contribution in [-0.2, 0) is 9.53 Å². The Bertz CT molecular complexity index is 454. The van der Waals surface area contributed by atoms with Crippen LogP contribution in [0.4, 0.5) is 5.82 Å². The summed E-state index contributed by atoms with van der Waals surface area (Å²) in [7, 11) is 1.59. The number of amides is 1. The normalized spacial score (nSPS) is 12.3. The molecule has 1 aromatic rings. The third-order valence-electron chi connectivity index (χ3n) is 2.59. The van der Waals surface area contributed by atoms with Crippen molar-refractivity contribution in [2.24, 2.45) is 0 Å². The lowest BCUT2D eigenvalue weighted by Crippen LogP contribution is -2.39. The van der Waals surface area contributed by atoms with Gasteiger partial charge in [-0.1, -0.05) is 25.4 Å². The summed E-state index contributed by atoms with van der Waals surface area (Å²) in [5, 5.41) is 6.13. The van der Waals surface area contributed by atoms with Crippen LogP contribution in [0, 0.1) is 0 Å². The highest BCUT2D eigenvalue weighted by molar-refractivity contribution is 6.29. The number of nitrogens with zero attached hydrogens (tertiary/aromatic N) is 2. The minimum absolute atomic E-state index is 0.122. The standard InChI is InChI=1S/C13H21ClN4O2/c1-8(2)12-17-10(14)7-11(18-12)16-9(3)13(19)15-5-6-20-4/h7-9H,5-6H2,1-4H3,(H,15,19)(H,16,17,18). The lowest BCUT2D eigenvalue weighted by Gasteiger charge is -2.15. The molecular formula is C13H21ClN4O2. The molecule has 0 spiro atoms. The summed E-state index contributed by atoms with van der Waals surface area (Å²) in [4.78, 5) is 20.3. The molecule has 1 amide bonds. The molecule has 0 aliphatic heterocycles. The average molecular weight is 301 g/mol. The van der Waals surface area contributed by atoms with Crippen molar-refractivity contribution in [2.45, 2.75) is 32.7 Å². The summed E-state index contributed by atoms with van der Waals surface area (Å²) in [5.74, 6) is 1.23. The fourth-order valence-electron chi connectivity index (χ4n) is 1.48. The van der Waals surface area contributed by atoms with E-state index in [1.807, 2.05) is 13.8 Å². The first-order valence-corrected chi connectivity index (χ1v) is 6.89. The van der Waals surface area contributed by atoms with Gasteiger partial charge in [0, 0.05) is 25.6 Å². The van der Waals surface area contributed by atoms with Crippen LogP contribution in [0.1, 0.15) is 32.5 Å². The quantitative estimate of drug-likeness (QED) is 0.593. The van der Waals surface area contributed by atoms with Crippen molar-refractivity contribution in [2.75, 3.05) is 25.6 Å². The van der Waals surface area contributed by atoms with E-state index in [1.165, 1.54) is 0 Å². The van der Waals surface area contributed by atoms with E-state index < -0.39 is 6.04 Å². The zero-order chi connectivity index (χ0) is 15.1. The van der Waals surface area contributed by atoms with Gasteiger partial charge in [-0.3, -0.25) is 4.79 Å². The van der Waals surface area contributed by atoms with Crippen molar-refractivity contribution in [1.29, 1.82) is 0 Å². The zero-order valence-electron chi connectivity index (χ0n) is 12.2. The van der Waals surface area contributed by atoms with Gasteiger partial charge in [0.25, 0.3) is 0 Å². The molecule has 0 radical (unpaired) electrons. The molecule has 0 aromatic carbocycles. The Labute approximate surface area is 124 Å². The summed E-state index contributed by atoms with van der Waals surface area (Å²) < 4.78 is 4.87. The fourth-order valence-corrected chi connectivity index (χ4v) is 1.67. The largest absolute Gasteiger partial charge is 0.383 e. The van der Waals surface area contributed by atoms with Gasteiger partial charge in [-0.25, -0.2) is 9.97 Å². The molecule has 1 atom stereocenters. The minimum Gasteiger partial charge on any atom is -0.383 e. The summed E-state index contributed by atoms with van der Waals surface area (Å²) in [6.07, 6.45) is 0. The SMILES string of the molecule is COCCNC(=O)C(C)Nc1cc(Cl)nc(C(C)C)n1. The van der Waals surface area contributed by atoms with Gasteiger partial charge in [-0.15, -0.1) is 0 Å². The van der Waals surface area contributed by atoms with Crippen molar-refractivity contribution in [3.63, 3.8) is 0 Å². The molecule has 112 valence electrons. The molecule has 1 heterocycles. The third-order valence-corrected chi connectivity index (χ3v) is 2.79. The molecule has 1 rings (SSSR count). The molecule has 0 aliphatic carbocycles. The number of halogens is 1. The van der Waals surface area contributed by atoms with Crippen LogP contribution >= 0.6 is 11.6 Å². The Morgan fingerprint density at radius 1 is 1.40 bits per heavy atom. The van der Waals surface area contributed by atoms with Crippen LogP contribution < -0.4 is 10.6 Å². The van der Waals surface area contributed by atoms with Gasteiger partial charge < -0.3 is 15.4 Å². The Kier molecular flexibility index (Phi) is 6.67. The van der Waals surface area contributed by atoms with Crippen molar-refractivity contribution in [1.82, 2.24) is 15.3 Å². The first-order chi connectivity index (χ1) is 9.43. The van der Waals surface area contributed by atoms with Crippen LogP contribution in [-0.4, -0.2) is 42.2 Å². The van der Waals surface area contributed by atoms with E-state index in [-0.39, 0.29) is 11.8 Å². The molecule has 1 unspecified atom stereocenters. The molecule has 0 saturated carbocycles. The van der Waals surface area contributed by atoms with E-state index in [2.05, 4.69) is 20.6 Å². The number of aromatic nitrogens is 2. The number of nitrogens with one attached hydrogen (secondary N) is 2. The molecule has 20 heavy (non-hydrogen) atoms. The maximum absolute atomic E-state index is 11.8. The van der Waals surface area contributed by atoms with Gasteiger partial charge in [0.2, 0.25) is 5.91 Å². The summed E-state index contributed by atoms with van der Waals surface area (Å²) in [6, 6.07) is 1.18. The molecule has 0 saturated heterocycles. The number of hydrogen-bond donors (Lipinski definition) is 2. The maximum atomic E-state index is 11.8. The summed E-state index contributed by atoms with van der Waals surface area (Å²) >= 11 is 5.95. The van der Waals surface area contributed by atoms with Gasteiger partial charge in [-0.05, 0) is 6.92 Å². The average Bonchev–Trinajstić information content (AvgIpc) is 2.38. The Morgan fingerprint density at radius 3 is 2.70 bits per heavy atom. The van der Waals surface area contributed by atoms with Crippen molar-refractivity contribution >= 4 is 23.3 Å². The number of hydrogen-bond acceptors (Lipinski definition) is 5. The van der Waals surface area contributed by atoms with Crippen molar-refractivity contribution in [3.05, 3.63) is 17.0 Å². The lowest BCUT2D eigenvalue weighted by molar-refractivity contribution is -0.121. The van der Waals surface area contributed by atoms with Crippen LogP contribution in [0.5, 0.6) is 0 Å². The zero-order valence-corrected chi connectivity index (χ0v) is 13.0. The van der Waals surface area contributed by atoms with Gasteiger partial charge in [0.1, 0.15) is 22.8 Å². The number of methoxy groups -OCH3 is 1. The second-order valence-corrected chi connectivity index (χ2v) is 5.13. The molecular weight excluding hydrogens is 280 g/mol. The smallest absolute Gasteiger partial charge is 0.242 e. The van der Waals surface area contributed by atoms with Gasteiger partial charge in [0.05, 0.1) is 6.61 Å². The van der Waals surface area contributed by atoms with Crippen LogP contribution in [0.2, 0.25) is 5.15 Å². The predicted molar refractivity (Wildman–Crippen MR) is 79.1 cm³/mol. The number of ether oxygens (including phenoxy) is 1.